The van der Waals surface area contributed by atoms with Crippen LogP contribution in [0.1, 0.15) is 35.7 Å². The molecule has 2 aromatic heterocycles. The lowest BCUT2D eigenvalue weighted by Gasteiger charge is -2.06. The molecule has 0 bridgehead atoms. The largest absolute Gasteiger partial charge is 0.478 e. The first-order chi connectivity index (χ1) is 12.9. The average Bonchev–Trinajstić information content (AvgIpc) is 3.27. The van der Waals surface area contributed by atoms with Crippen molar-refractivity contribution in [2.45, 2.75) is 19.8 Å². The fourth-order valence-electron chi connectivity index (χ4n) is 3.20. The van der Waals surface area contributed by atoms with Crippen molar-refractivity contribution in [2.24, 2.45) is 0 Å². The van der Waals surface area contributed by atoms with E-state index in [2.05, 4.69) is 18.8 Å². The summed E-state index contributed by atoms with van der Waals surface area (Å²) in [7, 11) is 0. The molecule has 0 saturated heterocycles. The van der Waals surface area contributed by atoms with Crippen molar-refractivity contribution in [2.75, 3.05) is 0 Å². The Balaban J connectivity index is 1.73. The number of hydrogen-bond acceptors (Lipinski definition) is 2. The third kappa shape index (κ3) is 3.24. The van der Waals surface area contributed by atoms with E-state index in [9.17, 15) is 4.79 Å². The van der Waals surface area contributed by atoms with E-state index < -0.39 is 5.97 Å². The zero-order valence-corrected chi connectivity index (χ0v) is 15.7. The Hall–Kier alpha value is -2.98. The first-order valence-corrected chi connectivity index (χ1v) is 9.06. The highest BCUT2D eigenvalue weighted by Gasteiger charge is 2.15. The third-order valence-corrected chi connectivity index (χ3v) is 4.84. The number of carboxylic acids is 1. The highest BCUT2D eigenvalue weighted by Crippen LogP contribution is 2.35. The van der Waals surface area contributed by atoms with Gasteiger partial charge in [-0.15, -0.1) is 0 Å². The van der Waals surface area contributed by atoms with Gasteiger partial charge in [-0.05, 0) is 59.5 Å². The van der Waals surface area contributed by atoms with Gasteiger partial charge < -0.3 is 14.5 Å². The second-order valence-corrected chi connectivity index (χ2v) is 7.28. The van der Waals surface area contributed by atoms with Crippen molar-refractivity contribution in [1.82, 2.24) is 4.98 Å². The zero-order chi connectivity index (χ0) is 19.1. The number of carbonyl (C=O) groups is 1. The summed E-state index contributed by atoms with van der Waals surface area (Å²) in [6.45, 7) is 4.22. The van der Waals surface area contributed by atoms with E-state index >= 15 is 0 Å². The number of rotatable bonds is 4. The van der Waals surface area contributed by atoms with Crippen LogP contribution in [0.4, 0.5) is 0 Å². The highest BCUT2D eigenvalue weighted by atomic mass is 35.5. The van der Waals surface area contributed by atoms with Crippen molar-refractivity contribution >= 4 is 28.5 Å². The molecule has 0 aliphatic rings. The molecule has 0 atom stereocenters. The quantitative estimate of drug-likeness (QED) is 0.421. The molecule has 0 aliphatic carbocycles. The second kappa shape index (κ2) is 6.63. The van der Waals surface area contributed by atoms with E-state index in [0.717, 1.165) is 39.2 Å². The van der Waals surface area contributed by atoms with Gasteiger partial charge in [-0.25, -0.2) is 4.79 Å². The minimum absolute atomic E-state index is 0.265. The number of furan rings is 1. The first kappa shape index (κ1) is 17.4. The van der Waals surface area contributed by atoms with Crippen LogP contribution in [0.3, 0.4) is 0 Å². The standard InChI is InChI=1S/C22H18ClNO3/c1-12(2)17-11-16(23)9-15-10-20(27-21(15)17)19-8-7-18(24-19)13-3-5-14(6-4-13)22(25)26/h3-12,24H,1-2H3,(H,25,26). The van der Waals surface area contributed by atoms with Gasteiger partial charge in [0.1, 0.15) is 5.58 Å². The van der Waals surface area contributed by atoms with Gasteiger partial charge >= 0.3 is 5.97 Å². The van der Waals surface area contributed by atoms with Crippen LogP contribution in [0.2, 0.25) is 5.02 Å². The van der Waals surface area contributed by atoms with Crippen LogP contribution in [0.25, 0.3) is 33.7 Å². The van der Waals surface area contributed by atoms with Gasteiger partial charge in [0.05, 0.1) is 11.3 Å². The van der Waals surface area contributed by atoms with Crippen LogP contribution in [0, 0.1) is 0 Å². The number of nitrogens with one attached hydrogen (secondary N) is 1. The van der Waals surface area contributed by atoms with Gasteiger partial charge in [-0.3, -0.25) is 0 Å². The van der Waals surface area contributed by atoms with Crippen molar-refractivity contribution in [3.63, 3.8) is 0 Å². The highest BCUT2D eigenvalue weighted by molar-refractivity contribution is 6.31. The summed E-state index contributed by atoms with van der Waals surface area (Å²) < 4.78 is 6.13. The summed E-state index contributed by atoms with van der Waals surface area (Å²) in [6.07, 6.45) is 0. The third-order valence-electron chi connectivity index (χ3n) is 4.63. The predicted molar refractivity (Wildman–Crippen MR) is 107 cm³/mol. The molecule has 27 heavy (non-hydrogen) atoms. The fraction of sp³-hybridized carbons (Fsp3) is 0.136. The number of hydrogen-bond donors (Lipinski definition) is 2. The minimum atomic E-state index is -0.935. The van der Waals surface area contributed by atoms with E-state index in [1.165, 1.54) is 0 Å². The Morgan fingerprint density at radius 3 is 2.41 bits per heavy atom. The van der Waals surface area contributed by atoms with Gasteiger partial charge in [0.25, 0.3) is 0 Å². The smallest absolute Gasteiger partial charge is 0.335 e. The van der Waals surface area contributed by atoms with Gasteiger partial charge in [0, 0.05) is 16.1 Å². The van der Waals surface area contributed by atoms with Crippen molar-refractivity contribution in [1.29, 1.82) is 0 Å². The van der Waals surface area contributed by atoms with E-state index in [1.54, 1.807) is 24.3 Å². The van der Waals surface area contributed by atoms with Gasteiger partial charge in [-0.1, -0.05) is 37.6 Å². The maximum atomic E-state index is 11.0. The van der Waals surface area contributed by atoms with Crippen molar-refractivity contribution < 1.29 is 14.3 Å². The summed E-state index contributed by atoms with van der Waals surface area (Å²) in [6, 6.07) is 16.5. The van der Waals surface area contributed by atoms with Crippen LogP contribution < -0.4 is 0 Å². The molecule has 0 amide bonds. The number of aromatic nitrogens is 1. The molecule has 4 aromatic rings. The lowest BCUT2D eigenvalue weighted by atomic mass is 10.0. The minimum Gasteiger partial charge on any atom is -0.478 e. The Kier molecular flexibility index (Phi) is 4.28. The summed E-state index contributed by atoms with van der Waals surface area (Å²) in [5.74, 6) is 0.107. The molecule has 2 heterocycles. The second-order valence-electron chi connectivity index (χ2n) is 6.85. The molecule has 2 N–H and O–H groups in total. The lowest BCUT2D eigenvalue weighted by molar-refractivity contribution is 0.0697. The molecule has 0 saturated carbocycles. The molecule has 0 radical (unpaired) electrons. The number of aromatic amines is 1. The summed E-state index contributed by atoms with van der Waals surface area (Å²) in [4.78, 5) is 14.3. The van der Waals surface area contributed by atoms with E-state index in [-0.39, 0.29) is 5.56 Å². The molecule has 0 aliphatic heterocycles. The van der Waals surface area contributed by atoms with Crippen LogP contribution in [0.15, 0.2) is 59.0 Å². The number of halogens is 1. The molecule has 0 unspecified atom stereocenters. The lowest BCUT2D eigenvalue weighted by Crippen LogP contribution is -1.94. The molecule has 0 spiro atoms. The summed E-state index contributed by atoms with van der Waals surface area (Å²) in [5.41, 5.74) is 4.86. The summed E-state index contributed by atoms with van der Waals surface area (Å²) in [5, 5.41) is 10.7. The van der Waals surface area contributed by atoms with Gasteiger partial charge in [0.15, 0.2) is 5.76 Å². The average molecular weight is 380 g/mol. The zero-order valence-electron chi connectivity index (χ0n) is 14.9. The van der Waals surface area contributed by atoms with Gasteiger partial charge in [-0.2, -0.15) is 0 Å². The van der Waals surface area contributed by atoms with E-state index in [4.69, 9.17) is 21.1 Å². The van der Waals surface area contributed by atoms with Crippen molar-refractivity contribution in [3.05, 3.63) is 70.7 Å². The topological polar surface area (TPSA) is 66.2 Å². The first-order valence-electron chi connectivity index (χ1n) is 8.68. The molecule has 2 aromatic carbocycles. The molecular weight excluding hydrogens is 362 g/mol. The fourth-order valence-corrected chi connectivity index (χ4v) is 3.44. The van der Waals surface area contributed by atoms with Gasteiger partial charge in [0.2, 0.25) is 0 Å². The Morgan fingerprint density at radius 2 is 1.74 bits per heavy atom. The van der Waals surface area contributed by atoms with Crippen LogP contribution in [-0.4, -0.2) is 16.1 Å². The number of benzene rings is 2. The maximum absolute atomic E-state index is 11.0. The molecule has 4 nitrogen and oxygen atoms in total. The Labute approximate surface area is 161 Å². The number of H-pyrrole nitrogens is 1. The predicted octanol–water partition coefficient (Wildman–Crippen LogP) is 6.57. The molecule has 0 fully saturated rings. The normalized spacial score (nSPS) is 11.4. The number of aromatic carboxylic acids is 1. The van der Waals surface area contributed by atoms with E-state index in [0.29, 0.717) is 10.9 Å². The molecule has 4 rings (SSSR count). The van der Waals surface area contributed by atoms with Crippen LogP contribution in [-0.2, 0) is 0 Å². The SMILES string of the molecule is CC(C)c1cc(Cl)cc2cc(-c3ccc(-c4ccc(C(=O)O)cc4)[nH]3)oc12. The monoisotopic (exact) mass is 379 g/mol. The van der Waals surface area contributed by atoms with Crippen LogP contribution in [0.5, 0.6) is 0 Å². The van der Waals surface area contributed by atoms with E-state index in [1.807, 2.05) is 30.3 Å². The van der Waals surface area contributed by atoms with Crippen LogP contribution >= 0.6 is 11.6 Å². The number of fused-ring (bicyclic) bond motifs is 1. The summed E-state index contributed by atoms with van der Waals surface area (Å²) >= 11 is 6.25. The molecular formula is C22H18ClNO3. The maximum Gasteiger partial charge on any atom is 0.335 e. The van der Waals surface area contributed by atoms with Crippen molar-refractivity contribution in [3.8, 4) is 22.7 Å². The Morgan fingerprint density at radius 1 is 1.04 bits per heavy atom. The number of carboxylic acid groups (broad SMARTS) is 1. The molecule has 136 valence electrons. The molecule has 5 heteroatoms. The Bertz CT molecular complexity index is 1140.